The van der Waals surface area contributed by atoms with E-state index in [4.69, 9.17) is 14.9 Å². The van der Waals surface area contributed by atoms with Crippen molar-refractivity contribution in [1.82, 2.24) is 15.2 Å². The van der Waals surface area contributed by atoms with E-state index >= 15 is 0 Å². The molecule has 0 saturated carbocycles. The van der Waals surface area contributed by atoms with Crippen LogP contribution in [0.5, 0.6) is 11.5 Å². The maximum Gasteiger partial charge on any atom is 0.208 e. The number of hydrogen-bond donors (Lipinski definition) is 4. The smallest absolute Gasteiger partial charge is 0.208 e. The number of aromatic nitrogens is 3. The summed E-state index contributed by atoms with van der Waals surface area (Å²) in [5.41, 5.74) is 0.655. The molecule has 8 heteroatoms. The minimum Gasteiger partial charge on any atom is -0.504 e. The third-order valence-corrected chi connectivity index (χ3v) is 3.18. The standard InChI is InChI=1S/C11H13N3O4S/c1-18-8-3-2-6(4-7(8)15)10-12-11(14-13-10)19-5-9(16)17/h2-4,9,15-17H,5H2,1H3,(H,12,13,14). The largest absolute Gasteiger partial charge is 0.504 e. The van der Waals surface area contributed by atoms with E-state index in [9.17, 15) is 5.11 Å². The number of ether oxygens (including phenoxy) is 1. The highest BCUT2D eigenvalue weighted by Crippen LogP contribution is 2.30. The van der Waals surface area contributed by atoms with Crippen LogP contribution in [0.15, 0.2) is 23.4 Å². The Morgan fingerprint density at radius 1 is 1.42 bits per heavy atom. The maximum atomic E-state index is 9.68. The van der Waals surface area contributed by atoms with Crippen molar-refractivity contribution in [3.05, 3.63) is 18.2 Å². The Morgan fingerprint density at radius 3 is 2.84 bits per heavy atom. The zero-order valence-corrected chi connectivity index (χ0v) is 10.9. The lowest BCUT2D eigenvalue weighted by atomic mass is 10.2. The van der Waals surface area contributed by atoms with Crippen LogP contribution in [0, 0.1) is 0 Å². The average Bonchev–Trinajstić information content (AvgIpc) is 2.85. The molecule has 0 saturated heterocycles. The molecular formula is C11H13N3O4S. The monoisotopic (exact) mass is 283 g/mol. The lowest BCUT2D eigenvalue weighted by molar-refractivity contribution is -0.0186. The Morgan fingerprint density at radius 2 is 2.21 bits per heavy atom. The SMILES string of the molecule is COc1ccc(-c2nc(SCC(O)O)n[nH]2)cc1O. The maximum absolute atomic E-state index is 9.68. The third-order valence-electron chi connectivity index (χ3n) is 2.28. The molecule has 0 unspecified atom stereocenters. The van der Waals surface area contributed by atoms with E-state index in [2.05, 4.69) is 15.2 Å². The van der Waals surface area contributed by atoms with Crippen molar-refractivity contribution >= 4 is 11.8 Å². The fourth-order valence-corrected chi connectivity index (χ4v) is 1.99. The molecule has 1 aromatic heterocycles. The molecule has 2 rings (SSSR count). The van der Waals surface area contributed by atoms with Crippen molar-refractivity contribution in [1.29, 1.82) is 0 Å². The van der Waals surface area contributed by atoms with E-state index in [1.807, 2.05) is 0 Å². The van der Waals surface area contributed by atoms with Gasteiger partial charge >= 0.3 is 0 Å². The molecule has 0 bridgehead atoms. The van der Waals surface area contributed by atoms with E-state index in [1.54, 1.807) is 12.1 Å². The molecule has 102 valence electrons. The summed E-state index contributed by atoms with van der Waals surface area (Å²) >= 11 is 1.12. The minimum absolute atomic E-state index is 0.0105. The van der Waals surface area contributed by atoms with Gasteiger partial charge in [-0.05, 0) is 18.2 Å². The molecule has 4 N–H and O–H groups in total. The number of aromatic amines is 1. The summed E-state index contributed by atoms with van der Waals surface area (Å²) in [6.07, 6.45) is -1.41. The van der Waals surface area contributed by atoms with Gasteiger partial charge in [0.05, 0.1) is 12.9 Å². The number of thioether (sulfide) groups is 1. The number of aliphatic hydroxyl groups is 2. The summed E-state index contributed by atoms with van der Waals surface area (Å²) in [6.45, 7) is 0. The van der Waals surface area contributed by atoms with Crippen LogP contribution in [0.1, 0.15) is 0 Å². The minimum atomic E-state index is -1.41. The van der Waals surface area contributed by atoms with E-state index in [-0.39, 0.29) is 11.5 Å². The quantitative estimate of drug-likeness (QED) is 0.469. The van der Waals surface area contributed by atoms with E-state index in [1.165, 1.54) is 13.2 Å². The number of phenolic OH excluding ortho intramolecular Hbond substituents is 1. The van der Waals surface area contributed by atoms with Gasteiger partial charge in [0.2, 0.25) is 5.16 Å². The molecule has 2 aromatic rings. The van der Waals surface area contributed by atoms with Gasteiger partial charge in [-0.25, -0.2) is 4.98 Å². The van der Waals surface area contributed by atoms with Gasteiger partial charge in [0, 0.05) is 5.56 Å². The number of nitrogens with one attached hydrogen (secondary N) is 1. The van der Waals surface area contributed by atoms with Gasteiger partial charge in [-0.1, -0.05) is 11.8 Å². The first-order chi connectivity index (χ1) is 9.10. The number of aromatic hydroxyl groups is 1. The van der Waals surface area contributed by atoms with E-state index < -0.39 is 6.29 Å². The zero-order chi connectivity index (χ0) is 13.8. The van der Waals surface area contributed by atoms with Gasteiger partial charge in [-0.2, -0.15) is 0 Å². The number of nitrogens with zero attached hydrogens (tertiary/aromatic N) is 2. The van der Waals surface area contributed by atoms with Crippen LogP contribution < -0.4 is 4.74 Å². The lowest BCUT2D eigenvalue weighted by Gasteiger charge is -2.03. The van der Waals surface area contributed by atoms with Gasteiger partial charge in [-0.3, -0.25) is 5.10 Å². The number of phenols is 1. The van der Waals surface area contributed by atoms with Crippen molar-refractivity contribution in [3.8, 4) is 22.9 Å². The van der Waals surface area contributed by atoms with Crippen molar-refractivity contribution < 1.29 is 20.1 Å². The van der Waals surface area contributed by atoms with Crippen LogP contribution in [-0.2, 0) is 0 Å². The summed E-state index contributed by atoms with van der Waals surface area (Å²) in [7, 11) is 1.47. The Balaban J connectivity index is 2.16. The number of H-pyrrole nitrogens is 1. The number of methoxy groups -OCH3 is 1. The van der Waals surface area contributed by atoms with Gasteiger partial charge in [0.1, 0.15) is 0 Å². The van der Waals surface area contributed by atoms with Crippen LogP contribution >= 0.6 is 11.8 Å². The second-order valence-corrected chi connectivity index (χ2v) is 4.63. The molecule has 19 heavy (non-hydrogen) atoms. The fourth-order valence-electron chi connectivity index (χ4n) is 1.43. The van der Waals surface area contributed by atoms with Crippen LogP contribution in [0.25, 0.3) is 11.4 Å². The molecule has 0 fully saturated rings. The Labute approximate surface area is 113 Å². The van der Waals surface area contributed by atoms with Crippen LogP contribution in [-0.4, -0.2) is 49.7 Å². The Hall–Kier alpha value is -1.77. The fraction of sp³-hybridized carbons (Fsp3) is 0.273. The molecule has 0 radical (unpaired) electrons. The van der Waals surface area contributed by atoms with Gasteiger partial charge in [-0.15, -0.1) is 5.10 Å². The van der Waals surface area contributed by atoms with Crippen molar-refractivity contribution in [2.45, 2.75) is 11.4 Å². The average molecular weight is 283 g/mol. The van der Waals surface area contributed by atoms with Gasteiger partial charge in [0.15, 0.2) is 23.6 Å². The summed E-state index contributed by atoms with van der Waals surface area (Å²) < 4.78 is 4.95. The molecule has 0 aliphatic heterocycles. The first kappa shape index (κ1) is 13.7. The van der Waals surface area contributed by atoms with Crippen LogP contribution in [0.3, 0.4) is 0 Å². The number of benzene rings is 1. The molecule has 0 atom stereocenters. The topological polar surface area (TPSA) is 111 Å². The number of hydrogen-bond acceptors (Lipinski definition) is 7. The van der Waals surface area contributed by atoms with Gasteiger partial charge in [0.25, 0.3) is 0 Å². The van der Waals surface area contributed by atoms with Crippen LogP contribution in [0.4, 0.5) is 0 Å². The van der Waals surface area contributed by atoms with Crippen LogP contribution in [0.2, 0.25) is 0 Å². The van der Waals surface area contributed by atoms with Crippen molar-refractivity contribution in [2.75, 3.05) is 12.9 Å². The molecule has 7 nitrogen and oxygen atoms in total. The Bertz CT molecular complexity index is 559. The molecule has 0 aliphatic carbocycles. The normalized spacial score (nSPS) is 10.9. The predicted octanol–water partition coefficient (Wildman–Crippen LogP) is 0.589. The molecule has 1 heterocycles. The second-order valence-electron chi connectivity index (χ2n) is 3.64. The summed E-state index contributed by atoms with van der Waals surface area (Å²) in [5.74, 6) is 0.955. The van der Waals surface area contributed by atoms with Crippen molar-refractivity contribution in [2.24, 2.45) is 0 Å². The first-order valence-electron chi connectivity index (χ1n) is 5.39. The second kappa shape index (κ2) is 5.91. The first-order valence-corrected chi connectivity index (χ1v) is 6.37. The summed E-state index contributed by atoms with van der Waals surface area (Å²) in [4.78, 5) is 4.17. The summed E-state index contributed by atoms with van der Waals surface area (Å²) in [6, 6.07) is 4.86. The van der Waals surface area contributed by atoms with Gasteiger partial charge < -0.3 is 20.1 Å². The Kier molecular flexibility index (Phi) is 4.25. The molecule has 0 aliphatic rings. The highest BCUT2D eigenvalue weighted by Gasteiger charge is 2.10. The summed E-state index contributed by atoms with van der Waals surface area (Å²) in [5, 5.41) is 34.2. The number of aliphatic hydroxyl groups excluding tert-OH is 1. The van der Waals surface area contributed by atoms with Crippen molar-refractivity contribution in [3.63, 3.8) is 0 Å². The van der Waals surface area contributed by atoms with E-state index in [0.717, 1.165) is 11.8 Å². The molecule has 0 spiro atoms. The van der Waals surface area contributed by atoms with E-state index in [0.29, 0.717) is 22.3 Å². The number of rotatable bonds is 5. The third kappa shape index (κ3) is 3.37. The molecule has 0 amide bonds. The lowest BCUT2D eigenvalue weighted by Crippen LogP contribution is -2.07. The predicted molar refractivity (Wildman–Crippen MR) is 69.0 cm³/mol. The highest BCUT2D eigenvalue weighted by atomic mass is 32.2. The zero-order valence-electron chi connectivity index (χ0n) is 10.1. The molecular weight excluding hydrogens is 270 g/mol. The molecule has 1 aromatic carbocycles. The highest BCUT2D eigenvalue weighted by molar-refractivity contribution is 7.99.